The quantitative estimate of drug-likeness (QED) is 0.207. The summed E-state index contributed by atoms with van der Waals surface area (Å²) in [6, 6.07) is 17.0. The van der Waals surface area contributed by atoms with Gasteiger partial charge in [0.1, 0.15) is 18.3 Å². The molecule has 0 spiro atoms. The fourth-order valence-corrected chi connectivity index (χ4v) is 6.44. The summed E-state index contributed by atoms with van der Waals surface area (Å²) in [6.07, 6.45) is 2.61. The molecule has 3 aromatic rings. The Balaban J connectivity index is 2.09. The molecule has 0 saturated heterocycles. The smallest absolute Gasteiger partial charge is 0.264 e. The Bertz CT molecular complexity index is 1490. The van der Waals surface area contributed by atoms with Crippen LogP contribution in [0.5, 0.6) is 5.75 Å². The van der Waals surface area contributed by atoms with Crippen LogP contribution in [-0.4, -0.2) is 57.1 Å². The number of nitrogens with zero attached hydrogens (tertiary/aromatic N) is 2. The molecule has 1 N–H and O–H groups in total. The molecule has 0 aromatic heterocycles. The van der Waals surface area contributed by atoms with Gasteiger partial charge in [-0.25, -0.2) is 8.42 Å². The van der Waals surface area contributed by atoms with E-state index in [2.05, 4.69) is 5.32 Å². The number of anilines is 1. The summed E-state index contributed by atoms with van der Waals surface area (Å²) in [5, 5.41) is 3.56. The maximum absolute atomic E-state index is 14.1. The van der Waals surface area contributed by atoms with Crippen molar-refractivity contribution in [3.8, 4) is 5.75 Å². The van der Waals surface area contributed by atoms with Crippen molar-refractivity contribution < 1.29 is 22.7 Å². The lowest BCUT2D eigenvalue weighted by Crippen LogP contribution is -2.51. The molecule has 0 aliphatic heterocycles. The van der Waals surface area contributed by atoms with E-state index in [-0.39, 0.29) is 29.6 Å². The Hall–Kier alpha value is -2.92. The van der Waals surface area contributed by atoms with Gasteiger partial charge in [-0.3, -0.25) is 13.9 Å². The number of nitrogens with one attached hydrogen (secondary N) is 1. The first-order valence-corrected chi connectivity index (χ1v) is 16.8. The van der Waals surface area contributed by atoms with Gasteiger partial charge in [0.25, 0.3) is 10.0 Å². The Labute approximate surface area is 262 Å². The highest BCUT2D eigenvalue weighted by Gasteiger charge is 2.34. The minimum Gasteiger partial charge on any atom is -0.492 e. The summed E-state index contributed by atoms with van der Waals surface area (Å²) >= 11 is 14.0. The summed E-state index contributed by atoms with van der Waals surface area (Å²) in [6.45, 7) is 5.40. The minimum absolute atomic E-state index is 0.0143. The lowest BCUT2D eigenvalue weighted by molar-refractivity contribution is -0.139. The third-order valence-electron chi connectivity index (χ3n) is 6.43. The molecule has 0 fully saturated rings. The second-order valence-corrected chi connectivity index (χ2v) is 12.9. The van der Waals surface area contributed by atoms with Crippen molar-refractivity contribution in [2.45, 2.75) is 49.6 Å². The molecule has 0 aliphatic carbocycles. The van der Waals surface area contributed by atoms with Crippen LogP contribution >= 0.6 is 35.0 Å². The van der Waals surface area contributed by atoms with Crippen LogP contribution in [-0.2, 0) is 26.2 Å². The van der Waals surface area contributed by atoms with Crippen molar-refractivity contribution in [1.29, 1.82) is 0 Å². The molecule has 0 heterocycles. The van der Waals surface area contributed by atoms with Crippen LogP contribution in [0.3, 0.4) is 0 Å². The second kappa shape index (κ2) is 15.5. The number of halogens is 2. The highest BCUT2D eigenvalue weighted by atomic mass is 35.5. The van der Waals surface area contributed by atoms with E-state index < -0.39 is 28.5 Å². The number of carbonyl (C=O) groups excluding carboxylic acids is 2. The van der Waals surface area contributed by atoms with Gasteiger partial charge in [0.15, 0.2) is 0 Å². The molecule has 3 rings (SSSR count). The summed E-state index contributed by atoms with van der Waals surface area (Å²) in [7, 11) is -4.24. The second-order valence-electron chi connectivity index (χ2n) is 9.31. The summed E-state index contributed by atoms with van der Waals surface area (Å²) in [5.41, 5.74) is 0.760. The summed E-state index contributed by atoms with van der Waals surface area (Å²) in [4.78, 5) is 29.4. The molecular formula is C30H35Cl2N3O5S2. The van der Waals surface area contributed by atoms with Gasteiger partial charge in [-0.1, -0.05) is 48.3 Å². The topological polar surface area (TPSA) is 96.0 Å². The third-order valence-corrected chi connectivity index (χ3v) is 9.54. The van der Waals surface area contributed by atoms with E-state index in [1.54, 1.807) is 68.4 Å². The first-order valence-electron chi connectivity index (χ1n) is 13.4. The van der Waals surface area contributed by atoms with E-state index in [0.29, 0.717) is 34.3 Å². The zero-order chi connectivity index (χ0) is 30.9. The first kappa shape index (κ1) is 33.6. The fourth-order valence-electron chi connectivity index (χ4n) is 4.14. The molecule has 0 radical (unpaired) electrons. The van der Waals surface area contributed by atoms with Crippen LogP contribution in [0.25, 0.3) is 0 Å². The SMILES string of the molecule is CCCNC(=O)[C@H](C)N(Cc1ccc(Cl)cc1Cl)C(=O)CN(c1ccccc1OCC)S(=O)(=O)c1ccc(SC)cc1. The van der Waals surface area contributed by atoms with Gasteiger partial charge in [0.2, 0.25) is 11.8 Å². The zero-order valence-corrected chi connectivity index (χ0v) is 27.1. The van der Waals surface area contributed by atoms with Crippen molar-refractivity contribution in [3.63, 3.8) is 0 Å². The van der Waals surface area contributed by atoms with Gasteiger partial charge >= 0.3 is 0 Å². The molecule has 8 nitrogen and oxygen atoms in total. The number of hydrogen-bond donors (Lipinski definition) is 1. The third kappa shape index (κ3) is 8.34. The molecule has 42 heavy (non-hydrogen) atoms. The van der Waals surface area contributed by atoms with Crippen molar-refractivity contribution in [2.24, 2.45) is 0 Å². The van der Waals surface area contributed by atoms with Crippen LogP contribution in [0.4, 0.5) is 5.69 Å². The number of amides is 2. The van der Waals surface area contributed by atoms with Gasteiger partial charge in [0, 0.05) is 28.0 Å². The molecule has 12 heteroatoms. The number of ether oxygens (including phenoxy) is 1. The molecule has 0 saturated carbocycles. The number of para-hydroxylation sites is 2. The zero-order valence-electron chi connectivity index (χ0n) is 24.0. The molecular weight excluding hydrogens is 617 g/mol. The number of thioether (sulfide) groups is 1. The molecule has 3 aromatic carbocycles. The van der Waals surface area contributed by atoms with E-state index in [4.69, 9.17) is 27.9 Å². The van der Waals surface area contributed by atoms with E-state index in [1.165, 1.54) is 28.8 Å². The number of hydrogen-bond acceptors (Lipinski definition) is 6. The first-order chi connectivity index (χ1) is 20.0. The van der Waals surface area contributed by atoms with Crippen molar-refractivity contribution in [2.75, 3.05) is 30.3 Å². The van der Waals surface area contributed by atoms with Crippen LogP contribution in [0.1, 0.15) is 32.8 Å². The maximum Gasteiger partial charge on any atom is 0.264 e. The molecule has 2 amide bonds. The highest BCUT2D eigenvalue weighted by Crippen LogP contribution is 2.33. The maximum atomic E-state index is 14.1. The Morgan fingerprint density at radius 3 is 2.33 bits per heavy atom. The lowest BCUT2D eigenvalue weighted by Gasteiger charge is -2.32. The highest BCUT2D eigenvalue weighted by molar-refractivity contribution is 7.98. The fraction of sp³-hybridized carbons (Fsp3) is 0.333. The van der Waals surface area contributed by atoms with Crippen molar-refractivity contribution in [3.05, 3.63) is 82.3 Å². The van der Waals surface area contributed by atoms with Crippen LogP contribution in [0.15, 0.2) is 76.5 Å². The van der Waals surface area contributed by atoms with E-state index >= 15 is 0 Å². The number of sulfonamides is 1. The molecule has 0 bridgehead atoms. The molecule has 1 atom stereocenters. The van der Waals surface area contributed by atoms with Gasteiger partial charge in [-0.05, 0) is 80.6 Å². The Morgan fingerprint density at radius 1 is 1.02 bits per heavy atom. The normalized spacial score (nSPS) is 12.0. The largest absolute Gasteiger partial charge is 0.492 e. The van der Waals surface area contributed by atoms with Crippen molar-refractivity contribution in [1.82, 2.24) is 10.2 Å². The minimum atomic E-state index is -4.24. The predicted octanol–water partition coefficient (Wildman–Crippen LogP) is 6.25. The predicted molar refractivity (Wildman–Crippen MR) is 170 cm³/mol. The van der Waals surface area contributed by atoms with Crippen LogP contribution in [0.2, 0.25) is 10.0 Å². The van der Waals surface area contributed by atoms with Gasteiger partial charge in [-0.15, -0.1) is 11.8 Å². The summed E-state index contributed by atoms with van der Waals surface area (Å²) in [5.74, 6) is -0.666. The average molecular weight is 653 g/mol. The lowest BCUT2D eigenvalue weighted by atomic mass is 10.1. The Kier molecular flexibility index (Phi) is 12.4. The monoisotopic (exact) mass is 651 g/mol. The van der Waals surface area contributed by atoms with E-state index in [1.807, 2.05) is 13.2 Å². The average Bonchev–Trinajstić information content (AvgIpc) is 2.98. The van der Waals surface area contributed by atoms with Gasteiger partial charge in [0.05, 0.1) is 17.2 Å². The van der Waals surface area contributed by atoms with Gasteiger partial charge < -0.3 is 15.0 Å². The Morgan fingerprint density at radius 2 is 1.71 bits per heavy atom. The molecule has 226 valence electrons. The number of carbonyl (C=O) groups is 2. The number of benzene rings is 3. The standard InChI is InChI=1S/C30H35Cl2N3O5S2/c1-5-17-33-30(37)21(3)34(19-22-11-12-23(31)18-26(22)32)29(36)20-35(27-9-7-8-10-28(27)40-6-2)42(38,39)25-15-13-24(41-4)14-16-25/h7-16,18,21H,5-6,17,19-20H2,1-4H3,(H,33,37)/t21-/m0/s1. The number of rotatable bonds is 14. The van der Waals surface area contributed by atoms with Gasteiger partial charge in [-0.2, -0.15) is 0 Å². The molecule has 0 aliphatic rings. The van der Waals surface area contributed by atoms with Crippen LogP contribution in [0, 0.1) is 0 Å². The van der Waals surface area contributed by atoms with E-state index in [0.717, 1.165) is 9.20 Å². The summed E-state index contributed by atoms with van der Waals surface area (Å²) < 4.78 is 35.0. The van der Waals surface area contributed by atoms with E-state index in [9.17, 15) is 18.0 Å². The molecule has 0 unspecified atom stereocenters. The van der Waals surface area contributed by atoms with Crippen LogP contribution < -0.4 is 14.4 Å². The van der Waals surface area contributed by atoms with Crippen molar-refractivity contribution >= 4 is 62.5 Å².